The van der Waals surface area contributed by atoms with Crippen molar-refractivity contribution in [2.45, 2.75) is 52.2 Å². The second kappa shape index (κ2) is 8.79. The number of amides is 2. The molecule has 0 aromatic rings. The van der Waals surface area contributed by atoms with Crippen LogP contribution >= 0.6 is 12.2 Å². The summed E-state index contributed by atoms with van der Waals surface area (Å²) in [5.41, 5.74) is 3.93. The number of hydrogen-bond acceptors (Lipinski definition) is 4. The van der Waals surface area contributed by atoms with Crippen LogP contribution in [0, 0.1) is 5.92 Å². The van der Waals surface area contributed by atoms with Gasteiger partial charge < -0.3 is 10.1 Å². The van der Waals surface area contributed by atoms with Crippen LogP contribution in [-0.2, 0) is 14.3 Å². The van der Waals surface area contributed by atoms with Crippen LogP contribution in [0.15, 0.2) is 24.3 Å². The van der Waals surface area contributed by atoms with Crippen LogP contribution in [0.2, 0.25) is 0 Å². The van der Waals surface area contributed by atoms with E-state index < -0.39 is 5.60 Å². The number of allylic oxidation sites excluding steroid dienone is 2. The van der Waals surface area contributed by atoms with E-state index in [1.807, 2.05) is 19.1 Å². The van der Waals surface area contributed by atoms with Crippen molar-refractivity contribution in [2.75, 3.05) is 0 Å². The third-order valence-corrected chi connectivity index (χ3v) is 3.42. The van der Waals surface area contributed by atoms with Gasteiger partial charge in [0.2, 0.25) is 5.91 Å². The van der Waals surface area contributed by atoms with Gasteiger partial charge in [-0.25, -0.2) is 0 Å². The van der Waals surface area contributed by atoms with Crippen LogP contribution < -0.4 is 16.2 Å². The highest BCUT2D eigenvalue weighted by molar-refractivity contribution is 7.80. The first-order valence-corrected chi connectivity index (χ1v) is 8.06. The Kier molecular flexibility index (Phi) is 7.38. The van der Waals surface area contributed by atoms with Crippen molar-refractivity contribution in [3.05, 3.63) is 24.3 Å². The second-order valence-electron chi connectivity index (χ2n) is 6.03. The summed E-state index contributed by atoms with van der Waals surface area (Å²) in [6.07, 6.45) is 8.50. The summed E-state index contributed by atoms with van der Waals surface area (Å²) in [6.45, 7) is 7.51. The summed E-state index contributed by atoms with van der Waals surface area (Å²) in [4.78, 5) is 23.5. The topological polar surface area (TPSA) is 79.5 Å². The normalized spacial score (nSPS) is 20.9. The van der Waals surface area contributed by atoms with Crippen molar-refractivity contribution in [1.29, 1.82) is 0 Å². The van der Waals surface area contributed by atoms with E-state index in [0.717, 1.165) is 6.42 Å². The molecule has 0 heterocycles. The van der Waals surface area contributed by atoms with E-state index in [9.17, 15) is 9.59 Å². The Morgan fingerprint density at radius 3 is 2.48 bits per heavy atom. The van der Waals surface area contributed by atoms with Crippen LogP contribution in [0.25, 0.3) is 0 Å². The van der Waals surface area contributed by atoms with Crippen LogP contribution in [0.5, 0.6) is 0 Å². The number of ether oxygens (including phenoxy) is 1. The Balaban J connectivity index is 2.71. The molecule has 1 rings (SSSR count). The first-order valence-electron chi connectivity index (χ1n) is 7.65. The minimum absolute atomic E-state index is 0.0339. The molecule has 0 aliphatic heterocycles. The summed E-state index contributed by atoms with van der Waals surface area (Å²) in [5.74, 6) is -0.200. The van der Waals surface area contributed by atoms with Gasteiger partial charge >= 0.3 is 0 Å². The van der Waals surface area contributed by atoms with Gasteiger partial charge in [0.1, 0.15) is 0 Å². The van der Waals surface area contributed by atoms with Crippen molar-refractivity contribution >= 4 is 29.1 Å². The molecule has 0 spiro atoms. The van der Waals surface area contributed by atoms with E-state index in [1.165, 1.54) is 6.92 Å². The minimum Gasteiger partial charge on any atom is -0.358 e. The van der Waals surface area contributed by atoms with E-state index in [4.69, 9.17) is 17.0 Å². The zero-order valence-corrected chi connectivity index (χ0v) is 14.8. The fraction of sp³-hybridized carbons (Fsp3) is 0.562. The van der Waals surface area contributed by atoms with Crippen LogP contribution in [-0.4, -0.2) is 28.6 Å². The lowest BCUT2D eigenvalue weighted by atomic mass is 9.93. The third kappa shape index (κ3) is 6.50. The molecule has 0 bridgehead atoms. The maximum Gasteiger partial charge on any atom is 0.274 e. The fourth-order valence-corrected chi connectivity index (χ4v) is 2.59. The molecule has 2 amide bonds. The number of carbonyl (C=O) groups excluding carboxylic acids is 2. The molecule has 1 aliphatic rings. The first kappa shape index (κ1) is 19.3. The predicted molar refractivity (Wildman–Crippen MR) is 93.3 cm³/mol. The molecule has 3 N–H and O–H groups in total. The van der Waals surface area contributed by atoms with Gasteiger partial charge in [-0.2, -0.15) is 0 Å². The van der Waals surface area contributed by atoms with Crippen molar-refractivity contribution < 1.29 is 14.3 Å². The van der Waals surface area contributed by atoms with Crippen LogP contribution in [0.3, 0.4) is 0 Å². The Hall–Kier alpha value is -1.73. The van der Waals surface area contributed by atoms with Gasteiger partial charge in [0.15, 0.2) is 10.7 Å². The molecule has 6 nitrogen and oxygen atoms in total. The lowest BCUT2D eigenvalue weighted by molar-refractivity contribution is -0.148. The average molecular weight is 339 g/mol. The molecular weight excluding hydrogens is 314 g/mol. The number of rotatable bonds is 5. The third-order valence-electron chi connectivity index (χ3n) is 3.21. The van der Waals surface area contributed by atoms with E-state index in [1.54, 1.807) is 12.2 Å². The van der Waals surface area contributed by atoms with Gasteiger partial charge in [-0.1, -0.05) is 32.1 Å². The minimum atomic E-state index is -1.08. The fourth-order valence-electron chi connectivity index (χ4n) is 2.39. The number of nitrogens with one attached hydrogen (secondary N) is 3. The quantitative estimate of drug-likeness (QED) is 0.525. The largest absolute Gasteiger partial charge is 0.358 e. The lowest BCUT2D eigenvalue weighted by Crippen LogP contribution is -2.56. The first-order chi connectivity index (χ1) is 10.7. The molecule has 0 fully saturated rings. The van der Waals surface area contributed by atoms with Crippen molar-refractivity contribution in [2.24, 2.45) is 5.92 Å². The highest BCUT2D eigenvalue weighted by Crippen LogP contribution is 2.26. The lowest BCUT2D eigenvalue weighted by Gasteiger charge is -2.33. The summed E-state index contributed by atoms with van der Waals surface area (Å²) in [5, 5.41) is 2.41. The van der Waals surface area contributed by atoms with Gasteiger partial charge in [-0.3, -0.25) is 20.4 Å². The highest BCUT2D eigenvalue weighted by atomic mass is 32.1. The molecule has 7 heteroatoms. The zero-order chi connectivity index (χ0) is 17.5. The smallest absolute Gasteiger partial charge is 0.274 e. The molecule has 2 atom stereocenters. The number of thiocarbonyl (C=S) groups is 1. The molecule has 128 valence electrons. The Labute approximate surface area is 142 Å². The van der Waals surface area contributed by atoms with E-state index in [-0.39, 0.29) is 23.0 Å². The molecule has 23 heavy (non-hydrogen) atoms. The van der Waals surface area contributed by atoms with E-state index in [2.05, 4.69) is 30.0 Å². The van der Waals surface area contributed by atoms with Crippen LogP contribution in [0.1, 0.15) is 40.5 Å². The average Bonchev–Trinajstić information content (AvgIpc) is 2.43. The molecule has 2 unspecified atom stereocenters. The number of carbonyl (C=O) groups is 2. The van der Waals surface area contributed by atoms with Crippen molar-refractivity contribution in [3.8, 4) is 0 Å². The standard InChI is InChI=1S/C16H25N3O3S/c1-11(2)10-12(3)22-16(8-6-5-7-9-16)14(21)18-19-15(23)17-13(4)20/h5-8,11-12H,9-10H2,1-4H3,(H,18,21)(H2,17,19,20,23). The van der Waals surface area contributed by atoms with Crippen molar-refractivity contribution in [3.63, 3.8) is 0 Å². The van der Waals surface area contributed by atoms with Gasteiger partial charge in [0.05, 0.1) is 6.10 Å². The summed E-state index contributed by atoms with van der Waals surface area (Å²) < 4.78 is 6.04. The second-order valence-corrected chi connectivity index (χ2v) is 6.44. The molecule has 0 saturated heterocycles. The summed E-state index contributed by atoms with van der Waals surface area (Å²) >= 11 is 4.90. The van der Waals surface area contributed by atoms with Crippen LogP contribution in [0.4, 0.5) is 0 Å². The maximum absolute atomic E-state index is 12.6. The molecule has 1 aliphatic carbocycles. The van der Waals surface area contributed by atoms with Gasteiger partial charge in [0.25, 0.3) is 5.91 Å². The molecule has 0 radical (unpaired) electrons. The monoisotopic (exact) mass is 339 g/mol. The van der Waals surface area contributed by atoms with E-state index in [0.29, 0.717) is 12.3 Å². The molecular formula is C16H25N3O3S. The molecule has 0 aromatic carbocycles. The Morgan fingerprint density at radius 2 is 1.96 bits per heavy atom. The summed E-state index contributed by atoms with van der Waals surface area (Å²) in [6, 6.07) is 0. The molecule has 0 saturated carbocycles. The van der Waals surface area contributed by atoms with Gasteiger partial charge in [-0.05, 0) is 37.6 Å². The van der Waals surface area contributed by atoms with E-state index >= 15 is 0 Å². The Morgan fingerprint density at radius 1 is 1.26 bits per heavy atom. The SMILES string of the molecule is CC(=O)NC(=S)NNC(=O)C1(OC(C)CC(C)C)C=CC=CC1. The molecule has 0 aromatic heterocycles. The highest BCUT2D eigenvalue weighted by Gasteiger charge is 2.38. The number of hydrazine groups is 1. The number of hydrogen-bond donors (Lipinski definition) is 3. The summed E-state index contributed by atoms with van der Waals surface area (Å²) in [7, 11) is 0. The van der Waals surface area contributed by atoms with Gasteiger partial charge in [-0.15, -0.1) is 0 Å². The Bertz CT molecular complexity index is 517. The zero-order valence-electron chi connectivity index (χ0n) is 14.0. The van der Waals surface area contributed by atoms with Gasteiger partial charge in [0, 0.05) is 13.3 Å². The predicted octanol–water partition coefficient (Wildman–Crippen LogP) is 1.73. The van der Waals surface area contributed by atoms with Crippen molar-refractivity contribution in [1.82, 2.24) is 16.2 Å². The maximum atomic E-state index is 12.6.